The zero-order valence-corrected chi connectivity index (χ0v) is 19.9. The summed E-state index contributed by atoms with van der Waals surface area (Å²) in [5.74, 6) is 0.174. The normalized spacial score (nSPS) is 16.3. The molecule has 1 amide bonds. The van der Waals surface area contributed by atoms with Crippen LogP contribution in [0.4, 0.5) is 20.7 Å². The number of nitrogens with two attached hydrogens (primary N) is 1. The third kappa shape index (κ3) is 4.72. The number of aromatic nitrogens is 1. The monoisotopic (exact) mass is 450 g/mol. The highest BCUT2D eigenvalue weighted by Crippen LogP contribution is 2.37. The molecule has 7 heteroatoms. The summed E-state index contributed by atoms with van der Waals surface area (Å²) >= 11 is 0. The number of aryl methyl sites for hydroxylation is 1. The Labute approximate surface area is 194 Å². The third-order valence-electron chi connectivity index (χ3n) is 6.08. The van der Waals surface area contributed by atoms with Crippen LogP contribution >= 0.6 is 0 Å². The van der Waals surface area contributed by atoms with E-state index in [4.69, 9.17) is 10.5 Å². The molecule has 0 radical (unpaired) electrons. The summed E-state index contributed by atoms with van der Waals surface area (Å²) in [4.78, 5) is 20.7. The van der Waals surface area contributed by atoms with Crippen LogP contribution in [0.1, 0.15) is 32.8 Å². The molecular weight excluding hydrogens is 419 g/mol. The summed E-state index contributed by atoms with van der Waals surface area (Å²) in [5, 5.41) is 1.85. The minimum Gasteiger partial charge on any atom is -0.444 e. The number of ether oxygens (including phenoxy) is 1. The number of fused-ring (bicyclic) bond motifs is 1. The summed E-state index contributed by atoms with van der Waals surface area (Å²) in [6.45, 7) is 8.90. The quantitative estimate of drug-likeness (QED) is 0.580. The van der Waals surface area contributed by atoms with E-state index in [1.807, 2.05) is 52.0 Å². The fraction of sp³-hybridized carbons (Fsp3) is 0.385. The Morgan fingerprint density at radius 3 is 2.73 bits per heavy atom. The SMILES string of the molecule is Cc1cccc(F)c1-c1cc(N2CC[C@H](N(C)C(=O)OC(C)(C)C)C2)c2cc(N)ncc2c1. The second-order valence-electron chi connectivity index (χ2n) is 9.74. The van der Waals surface area contributed by atoms with E-state index in [2.05, 4.69) is 9.88 Å². The maximum absolute atomic E-state index is 14.8. The van der Waals surface area contributed by atoms with Gasteiger partial charge in [0.25, 0.3) is 0 Å². The zero-order chi connectivity index (χ0) is 23.9. The van der Waals surface area contributed by atoms with E-state index in [9.17, 15) is 9.18 Å². The van der Waals surface area contributed by atoms with Crippen LogP contribution in [0.15, 0.2) is 42.6 Å². The van der Waals surface area contributed by atoms with E-state index in [1.54, 1.807) is 24.2 Å². The van der Waals surface area contributed by atoms with Gasteiger partial charge in [-0.3, -0.25) is 0 Å². The fourth-order valence-corrected chi connectivity index (χ4v) is 4.42. The molecule has 1 aromatic heterocycles. The van der Waals surface area contributed by atoms with E-state index < -0.39 is 5.60 Å². The Hall–Kier alpha value is -3.35. The Balaban J connectivity index is 1.71. The fourth-order valence-electron chi connectivity index (χ4n) is 4.42. The van der Waals surface area contributed by atoms with Gasteiger partial charge in [0, 0.05) is 48.4 Å². The molecule has 33 heavy (non-hydrogen) atoms. The van der Waals surface area contributed by atoms with Crippen molar-refractivity contribution in [3.05, 3.63) is 54.0 Å². The first-order valence-electron chi connectivity index (χ1n) is 11.2. The highest BCUT2D eigenvalue weighted by molar-refractivity contribution is 5.99. The molecule has 1 aliphatic heterocycles. The molecular formula is C26H31FN4O2. The minimum atomic E-state index is -0.545. The predicted octanol–water partition coefficient (Wildman–Crippen LogP) is 5.38. The number of carbonyl (C=O) groups excluding carboxylic acids is 1. The molecule has 2 N–H and O–H groups in total. The van der Waals surface area contributed by atoms with Crippen molar-refractivity contribution in [1.29, 1.82) is 0 Å². The molecule has 3 aromatic rings. The molecule has 1 aliphatic rings. The molecule has 1 atom stereocenters. The average molecular weight is 451 g/mol. The first-order valence-corrected chi connectivity index (χ1v) is 11.2. The highest BCUT2D eigenvalue weighted by atomic mass is 19.1. The summed E-state index contributed by atoms with van der Waals surface area (Å²) in [6.07, 6.45) is 2.21. The van der Waals surface area contributed by atoms with Crippen LogP contribution in [0.2, 0.25) is 0 Å². The average Bonchev–Trinajstić information content (AvgIpc) is 3.21. The molecule has 0 unspecified atom stereocenters. The number of nitrogen functional groups attached to an aromatic ring is 1. The minimum absolute atomic E-state index is 0.00735. The Kier molecular flexibility index (Phi) is 5.91. The van der Waals surface area contributed by atoms with Crippen LogP contribution in [0.3, 0.4) is 0 Å². The number of rotatable bonds is 3. The van der Waals surface area contributed by atoms with Crippen LogP contribution in [0.25, 0.3) is 21.9 Å². The number of halogens is 1. The lowest BCUT2D eigenvalue weighted by Gasteiger charge is -2.29. The van der Waals surface area contributed by atoms with Crippen molar-refractivity contribution >= 4 is 28.4 Å². The number of nitrogens with zero attached hydrogens (tertiary/aromatic N) is 3. The number of anilines is 2. The zero-order valence-electron chi connectivity index (χ0n) is 19.9. The van der Waals surface area contributed by atoms with Gasteiger partial charge in [0.05, 0.1) is 6.04 Å². The Morgan fingerprint density at radius 2 is 2.03 bits per heavy atom. The van der Waals surface area contributed by atoms with Crippen molar-refractivity contribution in [2.45, 2.75) is 45.8 Å². The lowest BCUT2D eigenvalue weighted by atomic mass is 9.96. The maximum Gasteiger partial charge on any atom is 0.410 e. The van der Waals surface area contributed by atoms with Crippen LogP contribution < -0.4 is 10.6 Å². The number of hydrogen-bond donors (Lipinski definition) is 1. The first-order chi connectivity index (χ1) is 15.5. The third-order valence-corrected chi connectivity index (χ3v) is 6.08. The number of pyridine rings is 1. The van der Waals surface area contributed by atoms with Gasteiger partial charge in [0.15, 0.2) is 0 Å². The number of hydrogen-bond acceptors (Lipinski definition) is 5. The number of benzene rings is 2. The van der Waals surface area contributed by atoms with Crippen molar-refractivity contribution in [3.8, 4) is 11.1 Å². The molecule has 1 saturated heterocycles. The van der Waals surface area contributed by atoms with Crippen LogP contribution in [0.5, 0.6) is 0 Å². The molecule has 0 aliphatic carbocycles. The summed E-state index contributed by atoms with van der Waals surface area (Å²) in [6, 6.07) is 10.9. The second-order valence-corrected chi connectivity index (χ2v) is 9.74. The molecule has 1 fully saturated rings. The Bertz CT molecular complexity index is 1180. The largest absolute Gasteiger partial charge is 0.444 e. The summed E-state index contributed by atoms with van der Waals surface area (Å²) in [5.41, 5.74) is 8.66. The van der Waals surface area contributed by atoms with Crippen molar-refractivity contribution in [3.63, 3.8) is 0 Å². The van der Waals surface area contributed by atoms with Gasteiger partial charge in [0.1, 0.15) is 17.2 Å². The van der Waals surface area contributed by atoms with E-state index in [1.165, 1.54) is 6.07 Å². The van der Waals surface area contributed by atoms with Gasteiger partial charge < -0.3 is 20.3 Å². The van der Waals surface area contributed by atoms with Crippen LogP contribution in [-0.2, 0) is 4.74 Å². The number of likely N-dealkylation sites (N-methyl/N-ethyl adjacent to an activating group) is 1. The van der Waals surface area contributed by atoms with Gasteiger partial charge >= 0.3 is 6.09 Å². The molecule has 2 aromatic carbocycles. The van der Waals surface area contributed by atoms with Gasteiger partial charge in [0.2, 0.25) is 0 Å². The summed E-state index contributed by atoms with van der Waals surface area (Å²) in [7, 11) is 1.78. The van der Waals surface area contributed by atoms with Crippen LogP contribution in [0, 0.1) is 12.7 Å². The van der Waals surface area contributed by atoms with Gasteiger partial charge in [-0.25, -0.2) is 14.2 Å². The van der Waals surface area contributed by atoms with Gasteiger partial charge in [-0.05, 0) is 69.5 Å². The van der Waals surface area contributed by atoms with Gasteiger partial charge in [-0.2, -0.15) is 0 Å². The molecule has 6 nitrogen and oxygen atoms in total. The van der Waals surface area contributed by atoms with E-state index in [-0.39, 0.29) is 18.0 Å². The van der Waals surface area contributed by atoms with Gasteiger partial charge in [-0.15, -0.1) is 0 Å². The molecule has 0 bridgehead atoms. The molecule has 0 saturated carbocycles. The second kappa shape index (κ2) is 8.54. The first kappa shape index (κ1) is 22.8. The van der Waals surface area contributed by atoms with E-state index >= 15 is 0 Å². The van der Waals surface area contributed by atoms with Crippen molar-refractivity contribution < 1.29 is 13.9 Å². The summed E-state index contributed by atoms with van der Waals surface area (Å²) < 4.78 is 20.3. The van der Waals surface area contributed by atoms with E-state index in [0.29, 0.717) is 17.9 Å². The highest BCUT2D eigenvalue weighted by Gasteiger charge is 2.32. The molecule has 0 spiro atoms. The number of carbonyl (C=O) groups is 1. The molecule has 2 heterocycles. The number of amides is 1. The Morgan fingerprint density at radius 1 is 1.27 bits per heavy atom. The van der Waals surface area contributed by atoms with E-state index in [0.717, 1.165) is 40.6 Å². The maximum atomic E-state index is 14.8. The van der Waals surface area contributed by atoms with Gasteiger partial charge in [-0.1, -0.05) is 12.1 Å². The van der Waals surface area contributed by atoms with Crippen molar-refractivity contribution in [2.75, 3.05) is 30.8 Å². The predicted molar refractivity (Wildman–Crippen MR) is 131 cm³/mol. The topological polar surface area (TPSA) is 71.7 Å². The van der Waals surface area contributed by atoms with Crippen molar-refractivity contribution in [1.82, 2.24) is 9.88 Å². The lowest BCUT2D eigenvalue weighted by molar-refractivity contribution is 0.0238. The lowest BCUT2D eigenvalue weighted by Crippen LogP contribution is -2.42. The molecule has 174 valence electrons. The molecule has 4 rings (SSSR count). The van der Waals surface area contributed by atoms with Crippen molar-refractivity contribution in [2.24, 2.45) is 0 Å². The standard InChI is InChI=1S/C26H31FN4O2/c1-16-7-6-8-21(27)24(16)17-11-18-14-29-23(28)13-20(18)22(12-17)31-10-9-19(15-31)30(5)25(32)33-26(2,3)4/h6-8,11-14,19H,9-10,15H2,1-5H3,(H2,28,29)/t19-/m0/s1. The smallest absolute Gasteiger partial charge is 0.410 e. The van der Waals surface area contributed by atoms with Crippen LogP contribution in [-0.4, -0.2) is 47.8 Å².